The third kappa shape index (κ3) is 4.58. The molecule has 0 spiro atoms. The highest BCUT2D eigenvalue weighted by Crippen LogP contribution is 2.28. The van der Waals surface area contributed by atoms with Gasteiger partial charge in [-0.25, -0.2) is 0 Å². The van der Waals surface area contributed by atoms with Crippen molar-refractivity contribution >= 4 is 5.97 Å². The average molecular weight is 269 g/mol. The zero-order valence-electron chi connectivity index (χ0n) is 12.1. The summed E-state index contributed by atoms with van der Waals surface area (Å²) in [5.41, 5.74) is 0. The largest absolute Gasteiger partial charge is 0.476 e. The first-order chi connectivity index (χ1) is 9.10. The minimum absolute atomic E-state index is 0.0792. The topological polar surface area (TPSA) is 61.6 Å². The molecular formula is C14H23NO4. The molecule has 0 radical (unpaired) electrons. The summed E-state index contributed by atoms with van der Waals surface area (Å²) in [6, 6.07) is 1.68. The number of ether oxygens (including phenoxy) is 2. The Labute approximate surface area is 114 Å². The third-order valence-corrected chi connectivity index (χ3v) is 2.77. The molecule has 0 bridgehead atoms. The first-order valence-corrected chi connectivity index (χ1v) is 6.86. The number of hydrogen-bond acceptors (Lipinski definition) is 5. The van der Waals surface area contributed by atoms with Crippen molar-refractivity contribution in [2.45, 2.75) is 46.5 Å². The van der Waals surface area contributed by atoms with Crippen LogP contribution in [0.5, 0.6) is 5.88 Å². The van der Waals surface area contributed by atoms with Gasteiger partial charge in [0.15, 0.2) is 5.76 Å². The van der Waals surface area contributed by atoms with Crippen molar-refractivity contribution in [1.29, 1.82) is 0 Å². The van der Waals surface area contributed by atoms with Crippen molar-refractivity contribution in [2.75, 3.05) is 13.2 Å². The van der Waals surface area contributed by atoms with Crippen LogP contribution < -0.4 is 4.74 Å². The maximum Gasteiger partial charge on any atom is 0.317 e. The Kier molecular flexibility index (Phi) is 6.39. The highest BCUT2D eigenvalue weighted by molar-refractivity contribution is 5.77. The smallest absolute Gasteiger partial charge is 0.317 e. The molecule has 0 saturated heterocycles. The Morgan fingerprint density at radius 2 is 2.16 bits per heavy atom. The molecule has 0 aliphatic heterocycles. The van der Waals surface area contributed by atoms with Crippen molar-refractivity contribution in [2.24, 2.45) is 5.92 Å². The van der Waals surface area contributed by atoms with Gasteiger partial charge in [0.25, 0.3) is 5.88 Å². The van der Waals surface area contributed by atoms with E-state index in [-0.39, 0.29) is 11.9 Å². The second-order valence-electron chi connectivity index (χ2n) is 4.74. The van der Waals surface area contributed by atoms with Crippen molar-refractivity contribution in [1.82, 2.24) is 5.16 Å². The Balaban J connectivity index is 2.72. The van der Waals surface area contributed by atoms with Gasteiger partial charge in [0.1, 0.15) is 5.92 Å². The lowest BCUT2D eigenvalue weighted by Crippen LogP contribution is -2.20. The monoisotopic (exact) mass is 269 g/mol. The molecular weight excluding hydrogens is 246 g/mol. The number of carbonyl (C=O) groups excluding carboxylic acids is 1. The molecule has 1 rings (SSSR count). The summed E-state index contributed by atoms with van der Waals surface area (Å²) in [5.74, 6) is 0.290. The van der Waals surface area contributed by atoms with Crippen LogP contribution in [0.2, 0.25) is 0 Å². The van der Waals surface area contributed by atoms with E-state index >= 15 is 0 Å². The van der Waals surface area contributed by atoms with E-state index in [0.717, 1.165) is 12.8 Å². The van der Waals surface area contributed by atoms with Crippen molar-refractivity contribution in [3.8, 4) is 5.88 Å². The Bertz CT molecular complexity index is 387. The highest BCUT2D eigenvalue weighted by Gasteiger charge is 2.29. The molecule has 0 fully saturated rings. The number of hydrogen-bond donors (Lipinski definition) is 0. The normalized spacial score (nSPS) is 12.5. The molecule has 0 aromatic carbocycles. The fourth-order valence-corrected chi connectivity index (χ4v) is 1.76. The van der Waals surface area contributed by atoms with Crippen LogP contribution in [0.3, 0.4) is 0 Å². The molecule has 108 valence electrons. The van der Waals surface area contributed by atoms with Crippen LogP contribution in [-0.4, -0.2) is 24.3 Å². The molecule has 0 saturated carbocycles. The molecule has 0 aliphatic rings. The summed E-state index contributed by atoms with van der Waals surface area (Å²) in [5, 5.41) is 3.83. The van der Waals surface area contributed by atoms with Gasteiger partial charge in [0.2, 0.25) is 0 Å². The number of esters is 1. The van der Waals surface area contributed by atoms with E-state index in [1.807, 2.05) is 13.8 Å². The van der Waals surface area contributed by atoms with Gasteiger partial charge in [-0.3, -0.25) is 4.79 Å². The van der Waals surface area contributed by atoms with Crippen LogP contribution in [0, 0.1) is 5.92 Å². The molecule has 1 aromatic rings. The second-order valence-corrected chi connectivity index (χ2v) is 4.74. The van der Waals surface area contributed by atoms with Gasteiger partial charge in [-0.1, -0.05) is 27.2 Å². The van der Waals surface area contributed by atoms with E-state index in [1.165, 1.54) is 0 Å². The molecule has 1 atom stereocenters. The van der Waals surface area contributed by atoms with E-state index in [0.29, 0.717) is 24.9 Å². The van der Waals surface area contributed by atoms with Crippen molar-refractivity contribution in [3.63, 3.8) is 0 Å². The van der Waals surface area contributed by atoms with Crippen molar-refractivity contribution in [3.05, 3.63) is 11.8 Å². The Hall–Kier alpha value is -1.52. The predicted octanol–water partition coefficient (Wildman–Crippen LogP) is 3.16. The lowest BCUT2D eigenvalue weighted by molar-refractivity contribution is -0.146. The molecule has 1 aromatic heterocycles. The average Bonchev–Trinajstić information content (AvgIpc) is 2.78. The highest BCUT2D eigenvalue weighted by atomic mass is 16.5. The van der Waals surface area contributed by atoms with Gasteiger partial charge in [0, 0.05) is 6.07 Å². The van der Waals surface area contributed by atoms with Crippen LogP contribution in [0.4, 0.5) is 0 Å². The number of carbonyl (C=O) groups is 1. The van der Waals surface area contributed by atoms with Crippen molar-refractivity contribution < 1.29 is 18.8 Å². The van der Waals surface area contributed by atoms with Crippen LogP contribution in [0.25, 0.3) is 0 Å². The molecule has 19 heavy (non-hydrogen) atoms. The summed E-state index contributed by atoms with van der Waals surface area (Å²) in [6.07, 6.45) is 2.02. The Morgan fingerprint density at radius 1 is 1.42 bits per heavy atom. The summed E-state index contributed by atoms with van der Waals surface area (Å²) in [6.45, 7) is 8.73. The summed E-state index contributed by atoms with van der Waals surface area (Å²) < 4.78 is 15.7. The maximum atomic E-state index is 11.9. The van der Waals surface area contributed by atoms with Crippen LogP contribution in [0.1, 0.15) is 52.2 Å². The molecule has 0 N–H and O–H groups in total. The van der Waals surface area contributed by atoms with E-state index in [4.69, 9.17) is 14.0 Å². The summed E-state index contributed by atoms with van der Waals surface area (Å²) in [7, 11) is 0. The first-order valence-electron chi connectivity index (χ1n) is 6.86. The van der Waals surface area contributed by atoms with Gasteiger partial charge in [0.05, 0.1) is 13.2 Å². The van der Waals surface area contributed by atoms with E-state index in [9.17, 15) is 4.79 Å². The minimum atomic E-state index is -0.434. The lowest BCUT2D eigenvalue weighted by atomic mass is 9.93. The zero-order chi connectivity index (χ0) is 14.3. The molecule has 0 aliphatic carbocycles. The fraction of sp³-hybridized carbons (Fsp3) is 0.714. The van der Waals surface area contributed by atoms with Crippen LogP contribution >= 0.6 is 0 Å². The second kappa shape index (κ2) is 7.81. The van der Waals surface area contributed by atoms with Gasteiger partial charge >= 0.3 is 5.97 Å². The molecule has 5 heteroatoms. The number of unbranched alkanes of at least 4 members (excludes halogenated alkanes) is 1. The SMILES string of the molecule is CCCCOc1cc(C(C(=O)OCC)C(C)C)on1. The zero-order valence-corrected chi connectivity index (χ0v) is 12.1. The molecule has 0 amide bonds. The number of rotatable bonds is 8. The van der Waals surface area contributed by atoms with E-state index in [2.05, 4.69) is 12.1 Å². The standard InChI is InChI=1S/C14H23NO4/c1-5-7-8-18-12-9-11(19-15-12)13(10(3)4)14(16)17-6-2/h9-10,13H,5-8H2,1-4H3. The molecule has 1 heterocycles. The quantitative estimate of drug-likeness (QED) is 0.536. The first kappa shape index (κ1) is 15.5. The van der Waals surface area contributed by atoms with Gasteiger partial charge in [-0.05, 0) is 24.4 Å². The van der Waals surface area contributed by atoms with Gasteiger partial charge in [-0.15, -0.1) is 0 Å². The van der Waals surface area contributed by atoms with Gasteiger partial charge in [-0.2, -0.15) is 0 Å². The van der Waals surface area contributed by atoms with Gasteiger partial charge < -0.3 is 14.0 Å². The molecule has 5 nitrogen and oxygen atoms in total. The van der Waals surface area contributed by atoms with Crippen LogP contribution in [0.15, 0.2) is 10.6 Å². The minimum Gasteiger partial charge on any atom is -0.476 e. The predicted molar refractivity (Wildman–Crippen MR) is 71.1 cm³/mol. The summed E-state index contributed by atoms with van der Waals surface area (Å²) >= 11 is 0. The van der Waals surface area contributed by atoms with E-state index in [1.54, 1.807) is 13.0 Å². The number of aromatic nitrogens is 1. The maximum absolute atomic E-state index is 11.9. The summed E-state index contributed by atoms with van der Waals surface area (Å²) in [4.78, 5) is 11.9. The van der Waals surface area contributed by atoms with E-state index < -0.39 is 5.92 Å². The Morgan fingerprint density at radius 3 is 2.74 bits per heavy atom. The fourth-order valence-electron chi connectivity index (χ4n) is 1.76. The van der Waals surface area contributed by atoms with Crippen LogP contribution in [-0.2, 0) is 9.53 Å². The third-order valence-electron chi connectivity index (χ3n) is 2.77. The molecule has 1 unspecified atom stereocenters. The number of nitrogens with zero attached hydrogens (tertiary/aromatic N) is 1. The lowest BCUT2D eigenvalue weighted by Gasteiger charge is -2.15.